The number of aliphatic hydroxyl groups is 1. The summed E-state index contributed by atoms with van der Waals surface area (Å²) in [6.45, 7) is 4.97. The number of carbonyl (C=O) groups is 2. The molecule has 2 heterocycles. The number of amides is 3. The quantitative estimate of drug-likeness (QED) is 0.455. The third-order valence-corrected chi connectivity index (χ3v) is 7.90. The number of aromatic nitrogens is 1. The van der Waals surface area contributed by atoms with Gasteiger partial charge in [0.15, 0.2) is 0 Å². The molecule has 0 bridgehead atoms. The number of likely N-dealkylation sites (N-methyl/N-ethyl adjacent to an activating group) is 1. The first kappa shape index (κ1) is 29.7. The molecular weight excluding hydrogens is 513 g/mol. The fourth-order valence-corrected chi connectivity index (χ4v) is 5.52. The number of hydrogen-bond acceptors (Lipinski definition) is 6. The van der Waals surface area contributed by atoms with Crippen LogP contribution in [0, 0.1) is 11.7 Å². The van der Waals surface area contributed by atoms with E-state index >= 15 is 0 Å². The molecule has 0 radical (unpaired) electrons. The summed E-state index contributed by atoms with van der Waals surface area (Å²) < 4.78 is 20.8. The molecule has 3 atom stereocenters. The fraction of sp³-hybridized carbons (Fsp3) is 0.567. The van der Waals surface area contributed by atoms with Crippen LogP contribution in [-0.2, 0) is 17.8 Å². The molecule has 9 nitrogen and oxygen atoms in total. The summed E-state index contributed by atoms with van der Waals surface area (Å²) in [5.41, 5.74) is 1.79. The number of halogens is 1. The molecule has 4 rings (SSSR count). The lowest BCUT2D eigenvalue weighted by molar-refractivity contribution is -0.134. The van der Waals surface area contributed by atoms with Crippen LogP contribution in [0.15, 0.2) is 36.7 Å². The summed E-state index contributed by atoms with van der Waals surface area (Å²) in [5, 5.41) is 15.8. The van der Waals surface area contributed by atoms with Crippen LogP contribution < -0.4 is 15.4 Å². The van der Waals surface area contributed by atoms with Crippen molar-refractivity contribution in [3.8, 4) is 5.75 Å². The van der Waals surface area contributed by atoms with Crippen LogP contribution in [0.3, 0.4) is 0 Å². The van der Waals surface area contributed by atoms with Gasteiger partial charge in [0.2, 0.25) is 5.91 Å². The number of urea groups is 1. The first-order chi connectivity index (χ1) is 19.2. The molecule has 1 aromatic carbocycles. The van der Waals surface area contributed by atoms with Crippen molar-refractivity contribution in [2.75, 3.05) is 32.1 Å². The molecule has 1 fully saturated rings. The van der Waals surface area contributed by atoms with Crippen LogP contribution >= 0.6 is 0 Å². The average Bonchev–Trinajstić information content (AvgIpc) is 2.97. The Balaban J connectivity index is 1.54. The topological polar surface area (TPSA) is 107 Å². The zero-order chi connectivity index (χ0) is 28.6. The van der Waals surface area contributed by atoms with Gasteiger partial charge in [0.05, 0.1) is 25.3 Å². The van der Waals surface area contributed by atoms with Crippen LogP contribution in [-0.4, -0.2) is 76.8 Å². The number of nitrogens with one attached hydrogen (secondary N) is 2. The second kappa shape index (κ2) is 13.9. The minimum Gasteiger partial charge on any atom is -0.488 e. The van der Waals surface area contributed by atoms with Gasteiger partial charge in [-0.05, 0) is 51.1 Å². The van der Waals surface area contributed by atoms with E-state index in [4.69, 9.17) is 4.74 Å². The van der Waals surface area contributed by atoms with E-state index in [-0.39, 0.29) is 54.9 Å². The summed E-state index contributed by atoms with van der Waals surface area (Å²) in [5.74, 6) is 0.0253. The second-order valence-corrected chi connectivity index (χ2v) is 11.3. The first-order valence-corrected chi connectivity index (χ1v) is 14.3. The Morgan fingerprint density at radius 2 is 2.05 bits per heavy atom. The maximum absolute atomic E-state index is 14.2. The predicted molar refractivity (Wildman–Crippen MR) is 152 cm³/mol. The lowest BCUT2D eigenvalue weighted by Gasteiger charge is -2.34. The summed E-state index contributed by atoms with van der Waals surface area (Å²) in [7, 11) is 1.90. The Labute approximate surface area is 236 Å². The Kier molecular flexibility index (Phi) is 10.3. The molecule has 2 aliphatic rings. The summed E-state index contributed by atoms with van der Waals surface area (Å²) in [6, 6.07) is 6.60. The van der Waals surface area contributed by atoms with Crippen molar-refractivity contribution in [3.05, 3.63) is 53.6 Å². The van der Waals surface area contributed by atoms with Crippen LogP contribution in [0.5, 0.6) is 5.75 Å². The van der Waals surface area contributed by atoms with E-state index in [0.717, 1.165) is 25.7 Å². The smallest absolute Gasteiger partial charge is 0.319 e. The highest BCUT2D eigenvalue weighted by Crippen LogP contribution is 2.29. The zero-order valence-corrected chi connectivity index (χ0v) is 23.7. The summed E-state index contributed by atoms with van der Waals surface area (Å²) in [4.78, 5) is 33.6. The van der Waals surface area contributed by atoms with E-state index in [1.807, 2.05) is 25.8 Å². The standard InChI is InChI=1S/C30H42FN5O4/c1-20-16-36(21(2)19-37)29(38)14-23-13-25(34-30(39)33-24-7-5-4-6-8-24)9-10-27(23)40-28(20)18-35(3)17-22-11-12-32-15-26(22)31/h9-13,15,20-21,24,28,37H,4-8,14,16-19H2,1-3H3,(H2,33,34,39). The molecule has 3 N–H and O–H groups in total. The van der Waals surface area contributed by atoms with E-state index in [1.54, 1.807) is 35.4 Å². The molecular formula is C30H42FN5O4. The molecule has 3 unspecified atom stereocenters. The molecule has 0 saturated heterocycles. The largest absolute Gasteiger partial charge is 0.488 e. The van der Waals surface area contributed by atoms with E-state index in [2.05, 4.69) is 15.6 Å². The van der Waals surface area contributed by atoms with Crippen LogP contribution in [0.25, 0.3) is 0 Å². The predicted octanol–water partition coefficient (Wildman–Crippen LogP) is 3.96. The van der Waals surface area contributed by atoms with Gasteiger partial charge in [-0.3, -0.25) is 14.7 Å². The van der Waals surface area contributed by atoms with Gasteiger partial charge in [-0.1, -0.05) is 26.2 Å². The van der Waals surface area contributed by atoms with Crippen molar-refractivity contribution in [2.45, 2.75) is 77.1 Å². The Morgan fingerprint density at radius 1 is 1.27 bits per heavy atom. The van der Waals surface area contributed by atoms with Crippen LogP contribution in [0.4, 0.5) is 14.9 Å². The van der Waals surface area contributed by atoms with E-state index in [1.165, 1.54) is 12.6 Å². The molecule has 3 amide bonds. The molecule has 10 heteroatoms. The molecule has 218 valence electrons. The Bertz CT molecular complexity index is 1160. The monoisotopic (exact) mass is 555 g/mol. The Morgan fingerprint density at radius 3 is 2.77 bits per heavy atom. The van der Waals surface area contributed by atoms with Crippen molar-refractivity contribution in [1.82, 2.24) is 20.1 Å². The number of anilines is 1. The number of benzene rings is 1. The van der Waals surface area contributed by atoms with Crippen molar-refractivity contribution < 1.29 is 23.8 Å². The molecule has 0 spiro atoms. The minimum atomic E-state index is -0.358. The minimum absolute atomic E-state index is 0.0762. The number of pyridine rings is 1. The van der Waals surface area contributed by atoms with E-state index in [0.29, 0.717) is 42.2 Å². The molecule has 1 aliphatic carbocycles. The molecule has 1 aromatic heterocycles. The highest BCUT2D eigenvalue weighted by molar-refractivity contribution is 5.90. The van der Waals surface area contributed by atoms with Crippen molar-refractivity contribution >= 4 is 17.6 Å². The van der Waals surface area contributed by atoms with Gasteiger partial charge in [-0.15, -0.1) is 0 Å². The highest BCUT2D eigenvalue weighted by Gasteiger charge is 2.31. The number of rotatable bonds is 8. The number of hydrogen-bond donors (Lipinski definition) is 3. The number of fused-ring (bicyclic) bond motifs is 1. The maximum atomic E-state index is 14.2. The second-order valence-electron chi connectivity index (χ2n) is 11.3. The van der Waals surface area contributed by atoms with E-state index in [9.17, 15) is 19.1 Å². The fourth-order valence-electron chi connectivity index (χ4n) is 5.52. The van der Waals surface area contributed by atoms with Crippen molar-refractivity contribution in [1.29, 1.82) is 0 Å². The third kappa shape index (κ3) is 7.91. The lowest BCUT2D eigenvalue weighted by Crippen LogP contribution is -2.47. The normalized spacial score (nSPS) is 21.1. The third-order valence-electron chi connectivity index (χ3n) is 7.90. The lowest BCUT2D eigenvalue weighted by atomic mass is 9.96. The van der Waals surface area contributed by atoms with E-state index < -0.39 is 0 Å². The Hall–Kier alpha value is -3.24. The highest BCUT2D eigenvalue weighted by atomic mass is 19.1. The maximum Gasteiger partial charge on any atom is 0.319 e. The summed E-state index contributed by atoms with van der Waals surface area (Å²) in [6.07, 6.45) is 7.97. The SMILES string of the molecule is CC1CN(C(C)CO)C(=O)Cc2cc(NC(=O)NC3CCCCC3)ccc2OC1CN(C)Cc1ccncc1F. The number of aliphatic hydroxyl groups excluding tert-OH is 1. The molecule has 1 saturated carbocycles. The molecule has 2 aromatic rings. The van der Waals surface area contributed by atoms with Gasteiger partial charge in [0.1, 0.15) is 17.7 Å². The van der Waals surface area contributed by atoms with Gasteiger partial charge in [-0.25, -0.2) is 9.18 Å². The number of ether oxygens (including phenoxy) is 1. The average molecular weight is 556 g/mol. The van der Waals surface area contributed by atoms with Gasteiger partial charge in [0, 0.05) is 54.6 Å². The van der Waals surface area contributed by atoms with Crippen molar-refractivity contribution in [3.63, 3.8) is 0 Å². The van der Waals surface area contributed by atoms with Gasteiger partial charge < -0.3 is 25.4 Å². The zero-order valence-electron chi connectivity index (χ0n) is 23.7. The van der Waals surface area contributed by atoms with Gasteiger partial charge in [0.25, 0.3) is 0 Å². The van der Waals surface area contributed by atoms with Gasteiger partial charge in [-0.2, -0.15) is 0 Å². The van der Waals surface area contributed by atoms with Gasteiger partial charge >= 0.3 is 6.03 Å². The molecule has 40 heavy (non-hydrogen) atoms. The number of carbonyl (C=O) groups excluding carboxylic acids is 2. The number of nitrogens with zero attached hydrogens (tertiary/aromatic N) is 3. The van der Waals surface area contributed by atoms with Crippen LogP contribution in [0.1, 0.15) is 57.1 Å². The van der Waals surface area contributed by atoms with Crippen molar-refractivity contribution in [2.24, 2.45) is 5.92 Å². The summed E-state index contributed by atoms with van der Waals surface area (Å²) >= 11 is 0. The first-order valence-electron chi connectivity index (χ1n) is 14.3. The van der Waals surface area contributed by atoms with Crippen LogP contribution in [0.2, 0.25) is 0 Å². The molecule has 1 aliphatic heterocycles.